The summed E-state index contributed by atoms with van der Waals surface area (Å²) in [5.74, 6) is 0. The van der Waals surface area contributed by atoms with E-state index in [1.165, 1.54) is 12.1 Å². The van der Waals surface area contributed by atoms with Gasteiger partial charge < -0.3 is 4.74 Å². The quantitative estimate of drug-likeness (QED) is 0.572. The van der Waals surface area contributed by atoms with Crippen molar-refractivity contribution in [3.05, 3.63) is 29.8 Å². The summed E-state index contributed by atoms with van der Waals surface area (Å²) in [5, 5.41) is 0.641. The van der Waals surface area contributed by atoms with Gasteiger partial charge in [0.05, 0.1) is 11.5 Å². The molecule has 0 spiro atoms. The molecular weight excluding hydrogens is 344 g/mol. The lowest BCUT2D eigenvalue weighted by Crippen LogP contribution is -2.28. The third-order valence-corrected chi connectivity index (χ3v) is 4.29. The summed E-state index contributed by atoms with van der Waals surface area (Å²) >= 11 is 3.26. The van der Waals surface area contributed by atoms with Crippen LogP contribution in [-0.4, -0.2) is 34.6 Å². The Morgan fingerprint density at radius 2 is 1.89 bits per heavy atom. The summed E-state index contributed by atoms with van der Waals surface area (Å²) in [7, 11) is -3.62. The standard InChI is InChI=1S/C11H14BrF2NO3S/c12-7-9-1-3-10(4-2-9)19(16,17)15-5-6-18-8-11(13)14/h1-4,11,15H,5-8H2. The van der Waals surface area contributed by atoms with Gasteiger partial charge in [-0.2, -0.15) is 0 Å². The Kier molecular flexibility index (Phi) is 6.84. The van der Waals surface area contributed by atoms with Gasteiger partial charge in [-0.3, -0.25) is 0 Å². The van der Waals surface area contributed by atoms with Gasteiger partial charge in [-0.25, -0.2) is 21.9 Å². The number of sulfonamides is 1. The number of benzene rings is 1. The molecule has 0 saturated heterocycles. The van der Waals surface area contributed by atoms with Crippen molar-refractivity contribution in [3.63, 3.8) is 0 Å². The zero-order valence-corrected chi connectivity index (χ0v) is 12.4. The summed E-state index contributed by atoms with van der Waals surface area (Å²) in [6.07, 6.45) is -2.55. The molecule has 8 heteroatoms. The van der Waals surface area contributed by atoms with Crippen LogP contribution >= 0.6 is 15.9 Å². The SMILES string of the molecule is O=S(=O)(NCCOCC(F)F)c1ccc(CBr)cc1. The van der Waals surface area contributed by atoms with E-state index in [0.29, 0.717) is 5.33 Å². The van der Waals surface area contributed by atoms with E-state index >= 15 is 0 Å². The molecule has 0 aliphatic carbocycles. The van der Waals surface area contributed by atoms with Crippen molar-refractivity contribution in [2.45, 2.75) is 16.7 Å². The summed E-state index contributed by atoms with van der Waals surface area (Å²) in [5.41, 5.74) is 0.958. The summed E-state index contributed by atoms with van der Waals surface area (Å²) in [6, 6.07) is 6.35. The lowest BCUT2D eigenvalue weighted by molar-refractivity contribution is 0.0199. The molecule has 0 unspecified atom stereocenters. The van der Waals surface area contributed by atoms with Crippen molar-refractivity contribution in [2.75, 3.05) is 19.8 Å². The second kappa shape index (κ2) is 7.88. The first-order valence-electron chi connectivity index (χ1n) is 5.46. The van der Waals surface area contributed by atoms with Gasteiger partial charge in [-0.1, -0.05) is 28.1 Å². The minimum absolute atomic E-state index is 0.0464. The Bertz CT molecular complexity index is 479. The molecule has 0 saturated carbocycles. The number of halogens is 3. The van der Waals surface area contributed by atoms with Gasteiger partial charge in [0.15, 0.2) is 0 Å². The van der Waals surface area contributed by atoms with E-state index in [4.69, 9.17) is 0 Å². The minimum atomic E-state index is -3.62. The van der Waals surface area contributed by atoms with Crippen molar-refractivity contribution in [3.8, 4) is 0 Å². The molecule has 0 bridgehead atoms. The summed E-state index contributed by atoms with van der Waals surface area (Å²) in [4.78, 5) is 0.131. The van der Waals surface area contributed by atoms with Crippen LogP contribution in [0, 0.1) is 0 Å². The summed E-state index contributed by atoms with van der Waals surface area (Å²) in [6.45, 7) is -0.833. The lowest BCUT2D eigenvalue weighted by Gasteiger charge is -2.07. The topological polar surface area (TPSA) is 55.4 Å². The average Bonchev–Trinajstić information content (AvgIpc) is 2.38. The van der Waals surface area contributed by atoms with E-state index in [-0.39, 0.29) is 18.0 Å². The van der Waals surface area contributed by atoms with Crippen LogP contribution in [-0.2, 0) is 20.1 Å². The highest BCUT2D eigenvalue weighted by Gasteiger charge is 2.13. The van der Waals surface area contributed by atoms with E-state index in [2.05, 4.69) is 25.4 Å². The Hall–Kier alpha value is -0.570. The average molecular weight is 358 g/mol. The predicted octanol–water partition coefficient (Wildman–Crippen LogP) is 2.14. The Labute approximate surface area is 119 Å². The van der Waals surface area contributed by atoms with Gasteiger partial charge in [0, 0.05) is 11.9 Å². The monoisotopic (exact) mass is 357 g/mol. The predicted molar refractivity (Wildman–Crippen MR) is 71.1 cm³/mol. The third-order valence-electron chi connectivity index (χ3n) is 2.17. The van der Waals surface area contributed by atoms with Crippen molar-refractivity contribution >= 4 is 26.0 Å². The molecule has 1 rings (SSSR count). The molecule has 0 aromatic heterocycles. The molecule has 4 nitrogen and oxygen atoms in total. The minimum Gasteiger partial charge on any atom is -0.374 e. The molecule has 108 valence electrons. The van der Waals surface area contributed by atoms with Gasteiger partial charge in [0.2, 0.25) is 10.0 Å². The Morgan fingerprint density at radius 3 is 2.42 bits per heavy atom. The first-order chi connectivity index (χ1) is 8.95. The number of alkyl halides is 3. The van der Waals surface area contributed by atoms with Crippen molar-refractivity contribution < 1.29 is 21.9 Å². The first kappa shape index (κ1) is 16.5. The highest BCUT2D eigenvalue weighted by molar-refractivity contribution is 9.08. The van der Waals surface area contributed by atoms with Gasteiger partial charge in [0.1, 0.15) is 6.61 Å². The lowest BCUT2D eigenvalue weighted by atomic mass is 10.2. The zero-order valence-electron chi connectivity index (χ0n) is 9.98. The van der Waals surface area contributed by atoms with Gasteiger partial charge in [0.25, 0.3) is 6.43 Å². The van der Waals surface area contributed by atoms with Crippen LogP contribution in [0.15, 0.2) is 29.2 Å². The van der Waals surface area contributed by atoms with E-state index < -0.39 is 23.1 Å². The molecule has 0 radical (unpaired) electrons. The summed E-state index contributed by atoms with van der Waals surface area (Å²) < 4.78 is 54.0. The Balaban J connectivity index is 2.46. The van der Waals surface area contributed by atoms with Crippen LogP contribution in [0.4, 0.5) is 8.78 Å². The van der Waals surface area contributed by atoms with Crippen LogP contribution in [0.25, 0.3) is 0 Å². The molecule has 0 aliphatic heterocycles. The molecule has 1 aromatic rings. The molecule has 1 N–H and O–H groups in total. The van der Waals surface area contributed by atoms with Crippen LogP contribution in [0.3, 0.4) is 0 Å². The van der Waals surface area contributed by atoms with Crippen LogP contribution < -0.4 is 4.72 Å². The van der Waals surface area contributed by atoms with Crippen LogP contribution in [0.2, 0.25) is 0 Å². The van der Waals surface area contributed by atoms with Gasteiger partial charge in [-0.05, 0) is 17.7 Å². The molecule has 0 heterocycles. The number of hydrogen-bond donors (Lipinski definition) is 1. The normalized spacial score (nSPS) is 12.0. The number of hydrogen-bond acceptors (Lipinski definition) is 3. The van der Waals surface area contributed by atoms with E-state index in [1.54, 1.807) is 12.1 Å². The fourth-order valence-corrected chi connectivity index (χ4v) is 2.65. The fraction of sp³-hybridized carbons (Fsp3) is 0.455. The molecule has 0 aliphatic rings. The fourth-order valence-electron chi connectivity index (χ4n) is 1.26. The van der Waals surface area contributed by atoms with Crippen molar-refractivity contribution in [1.29, 1.82) is 0 Å². The number of ether oxygens (including phenoxy) is 1. The Morgan fingerprint density at radius 1 is 1.26 bits per heavy atom. The maximum Gasteiger partial charge on any atom is 0.261 e. The molecule has 0 atom stereocenters. The number of nitrogens with one attached hydrogen (secondary N) is 1. The second-order valence-electron chi connectivity index (χ2n) is 3.64. The molecule has 0 amide bonds. The molecular formula is C11H14BrF2NO3S. The molecule has 19 heavy (non-hydrogen) atoms. The van der Waals surface area contributed by atoms with Gasteiger partial charge >= 0.3 is 0 Å². The maximum absolute atomic E-state index is 11.8. The second-order valence-corrected chi connectivity index (χ2v) is 5.97. The van der Waals surface area contributed by atoms with Crippen molar-refractivity contribution in [2.24, 2.45) is 0 Å². The third kappa shape index (κ3) is 5.94. The van der Waals surface area contributed by atoms with Crippen LogP contribution in [0.5, 0.6) is 0 Å². The highest BCUT2D eigenvalue weighted by Crippen LogP contribution is 2.12. The molecule has 0 fully saturated rings. The van der Waals surface area contributed by atoms with E-state index in [0.717, 1.165) is 5.56 Å². The number of rotatable bonds is 8. The molecule has 1 aromatic carbocycles. The van der Waals surface area contributed by atoms with E-state index in [1.807, 2.05) is 0 Å². The first-order valence-corrected chi connectivity index (χ1v) is 8.06. The van der Waals surface area contributed by atoms with E-state index in [9.17, 15) is 17.2 Å². The largest absolute Gasteiger partial charge is 0.374 e. The highest BCUT2D eigenvalue weighted by atomic mass is 79.9. The maximum atomic E-state index is 11.8. The zero-order chi connectivity index (χ0) is 14.3. The smallest absolute Gasteiger partial charge is 0.261 e. The van der Waals surface area contributed by atoms with Crippen molar-refractivity contribution in [1.82, 2.24) is 4.72 Å². The van der Waals surface area contributed by atoms with Gasteiger partial charge in [-0.15, -0.1) is 0 Å². The van der Waals surface area contributed by atoms with Crippen LogP contribution in [0.1, 0.15) is 5.56 Å².